The van der Waals surface area contributed by atoms with Gasteiger partial charge in [-0.3, -0.25) is 0 Å². The molecule has 0 aromatic heterocycles. The number of benzene rings is 1. The molecule has 2 unspecified atom stereocenters. The Morgan fingerprint density at radius 3 is 2.70 bits per heavy atom. The Morgan fingerprint density at radius 2 is 1.95 bits per heavy atom. The molecule has 2 aliphatic rings. The average molecular weight is 314 g/mol. The minimum atomic E-state index is -3.40. The summed E-state index contributed by atoms with van der Waals surface area (Å²) in [5.74, 6) is 0.265. The van der Waals surface area contributed by atoms with Gasteiger partial charge < -0.3 is 0 Å². The number of aryl methyl sites for hydroxylation is 2. The third-order valence-corrected chi connectivity index (χ3v) is 6.48. The molecule has 2 atom stereocenters. The topological polar surface area (TPSA) is 46.2 Å². The summed E-state index contributed by atoms with van der Waals surface area (Å²) in [5.41, 5.74) is 2.48. The van der Waals surface area contributed by atoms with Crippen molar-refractivity contribution in [1.29, 1.82) is 0 Å². The van der Waals surface area contributed by atoms with Gasteiger partial charge in [0.2, 0.25) is 10.0 Å². The van der Waals surface area contributed by atoms with Gasteiger partial charge in [-0.1, -0.05) is 12.5 Å². The van der Waals surface area contributed by atoms with E-state index in [9.17, 15) is 8.42 Å². The van der Waals surface area contributed by atoms with Gasteiger partial charge in [0.15, 0.2) is 0 Å². The molecule has 1 saturated carbocycles. The van der Waals surface area contributed by atoms with Crippen LogP contribution in [0.2, 0.25) is 0 Å². The summed E-state index contributed by atoms with van der Waals surface area (Å²) in [5, 5.41) is 0.109. The van der Waals surface area contributed by atoms with E-state index in [1.165, 1.54) is 11.1 Å². The molecule has 0 amide bonds. The fourth-order valence-corrected chi connectivity index (χ4v) is 4.75. The third kappa shape index (κ3) is 2.87. The molecule has 0 aliphatic heterocycles. The summed E-state index contributed by atoms with van der Waals surface area (Å²) in [6.07, 6.45) is 6.29. The Hall–Kier alpha value is -0.580. The normalized spacial score (nSPS) is 25.9. The second-order valence-corrected chi connectivity index (χ2v) is 8.17. The van der Waals surface area contributed by atoms with E-state index >= 15 is 0 Å². The van der Waals surface area contributed by atoms with Crippen molar-refractivity contribution in [3.8, 4) is 0 Å². The highest BCUT2D eigenvalue weighted by atomic mass is 35.5. The lowest BCUT2D eigenvalue weighted by atomic mass is 10.1. The molecule has 0 bridgehead atoms. The number of hydrogen-bond donors (Lipinski definition) is 1. The first kappa shape index (κ1) is 14.4. The molecule has 110 valence electrons. The number of fused-ring (bicyclic) bond motifs is 1. The SMILES string of the molecule is O=S(=O)(NCC1CCCC1Cl)c1ccc2c(c1)CCC2. The summed E-state index contributed by atoms with van der Waals surface area (Å²) in [6.45, 7) is 0.452. The molecule has 0 spiro atoms. The number of hydrogen-bond acceptors (Lipinski definition) is 2. The van der Waals surface area contributed by atoms with Gasteiger partial charge in [0.1, 0.15) is 0 Å². The third-order valence-electron chi connectivity index (χ3n) is 4.48. The standard InChI is InChI=1S/C15H20ClNO2S/c16-15-6-2-5-13(15)10-17-20(18,19)14-8-7-11-3-1-4-12(11)9-14/h7-9,13,15,17H,1-6,10H2. The maximum absolute atomic E-state index is 12.3. The van der Waals surface area contributed by atoms with Gasteiger partial charge in [-0.2, -0.15) is 0 Å². The Morgan fingerprint density at radius 1 is 1.15 bits per heavy atom. The predicted octanol–water partition coefficient (Wildman–Crippen LogP) is 2.86. The van der Waals surface area contributed by atoms with Crippen molar-refractivity contribution in [3.63, 3.8) is 0 Å². The molecule has 1 N–H and O–H groups in total. The summed E-state index contributed by atoms with van der Waals surface area (Å²) in [7, 11) is -3.40. The second-order valence-electron chi connectivity index (χ2n) is 5.84. The van der Waals surface area contributed by atoms with E-state index in [4.69, 9.17) is 11.6 Å². The van der Waals surface area contributed by atoms with Gasteiger partial charge in [0.25, 0.3) is 0 Å². The molecule has 1 aromatic carbocycles. The molecule has 1 fully saturated rings. The molecule has 0 saturated heterocycles. The van der Waals surface area contributed by atoms with Crippen molar-refractivity contribution >= 4 is 21.6 Å². The lowest BCUT2D eigenvalue weighted by molar-refractivity contribution is 0.523. The summed E-state index contributed by atoms with van der Waals surface area (Å²) >= 11 is 6.19. The van der Waals surface area contributed by atoms with E-state index in [2.05, 4.69) is 4.72 Å². The van der Waals surface area contributed by atoms with Gasteiger partial charge in [-0.05, 0) is 61.3 Å². The van der Waals surface area contributed by atoms with E-state index in [1.54, 1.807) is 6.07 Å². The van der Waals surface area contributed by atoms with Crippen LogP contribution in [0, 0.1) is 5.92 Å². The van der Waals surface area contributed by atoms with Crippen LogP contribution in [0.1, 0.15) is 36.8 Å². The van der Waals surface area contributed by atoms with E-state index in [-0.39, 0.29) is 11.3 Å². The van der Waals surface area contributed by atoms with Crippen molar-refractivity contribution in [2.75, 3.05) is 6.54 Å². The molecule has 5 heteroatoms. The predicted molar refractivity (Wildman–Crippen MR) is 80.6 cm³/mol. The molecule has 2 aliphatic carbocycles. The van der Waals surface area contributed by atoms with Crippen molar-refractivity contribution in [2.45, 2.75) is 48.8 Å². The Bertz CT molecular complexity index is 600. The molecule has 20 heavy (non-hydrogen) atoms. The minimum Gasteiger partial charge on any atom is -0.211 e. The largest absolute Gasteiger partial charge is 0.240 e. The first-order chi connectivity index (χ1) is 9.56. The zero-order valence-electron chi connectivity index (χ0n) is 11.4. The summed E-state index contributed by atoms with van der Waals surface area (Å²) in [4.78, 5) is 0.391. The van der Waals surface area contributed by atoms with Gasteiger partial charge in [0, 0.05) is 11.9 Å². The maximum Gasteiger partial charge on any atom is 0.240 e. The number of rotatable bonds is 4. The van der Waals surface area contributed by atoms with E-state index in [0.29, 0.717) is 11.4 Å². The minimum absolute atomic E-state index is 0.109. The van der Waals surface area contributed by atoms with Crippen LogP contribution in [0.4, 0.5) is 0 Å². The number of halogens is 1. The second kappa shape index (κ2) is 5.66. The van der Waals surface area contributed by atoms with Crippen LogP contribution in [0.25, 0.3) is 0 Å². The average Bonchev–Trinajstić information content (AvgIpc) is 3.04. The van der Waals surface area contributed by atoms with Crippen LogP contribution >= 0.6 is 11.6 Å². The smallest absolute Gasteiger partial charge is 0.211 e. The fraction of sp³-hybridized carbons (Fsp3) is 0.600. The van der Waals surface area contributed by atoms with Gasteiger partial charge in [0.05, 0.1) is 4.90 Å². The Balaban J connectivity index is 1.71. The van der Waals surface area contributed by atoms with Crippen molar-refractivity contribution in [1.82, 2.24) is 4.72 Å². The van der Waals surface area contributed by atoms with Gasteiger partial charge >= 0.3 is 0 Å². The first-order valence-electron chi connectivity index (χ1n) is 7.32. The van der Waals surface area contributed by atoms with Crippen molar-refractivity contribution in [2.24, 2.45) is 5.92 Å². The lowest BCUT2D eigenvalue weighted by Gasteiger charge is -2.15. The zero-order chi connectivity index (χ0) is 14.2. The highest BCUT2D eigenvalue weighted by molar-refractivity contribution is 7.89. The van der Waals surface area contributed by atoms with Crippen LogP contribution in [-0.4, -0.2) is 20.3 Å². The highest BCUT2D eigenvalue weighted by Gasteiger charge is 2.27. The van der Waals surface area contributed by atoms with Crippen LogP contribution in [0.3, 0.4) is 0 Å². The summed E-state index contributed by atoms with van der Waals surface area (Å²) < 4.78 is 27.4. The van der Waals surface area contributed by atoms with Gasteiger partial charge in [-0.25, -0.2) is 13.1 Å². The van der Waals surface area contributed by atoms with Gasteiger partial charge in [-0.15, -0.1) is 11.6 Å². The van der Waals surface area contributed by atoms with Crippen molar-refractivity contribution in [3.05, 3.63) is 29.3 Å². The summed E-state index contributed by atoms with van der Waals surface area (Å²) in [6, 6.07) is 5.51. The fourth-order valence-electron chi connectivity index (χ4n) is 3.24. The maximum atomic E-state index is 12.3. The molecular formula is C15H20ClNO2S. The molecule has 1 aromatic rings. The van der Waals surface area contributed by atoms with Crippen LogP contribution in [-0.2, 0) is 22.9 Å². The number of nitrogens with one attached hydrogen (secondary N) is 1. The monoisotopic (exact) mass is 313 g/mol. The van der Waals surface area contributed by atoms with E-state index in [1.807, 2.05) is 12.1 Å². The highest BCUT2D eigenvalue weighted by Crippen LogP contribution is 2.30. The lowest BCUT2D eigenvalue weighted by Crippen LogP contribution is -2.31. The quantitative estimate of drug-likeness (QED) is 0.869. The van der Waals surface area contributed by atoms with E-state index < -0.39 is 10.0 Å². The molecular weight excluding hydrogens is 294 g/mol. The first-order valence-corrected chi connectivity index (χ1v) is 9.24. The molecule has 0 heterocycles. The van der Waals surface area contributed by atoms with Crippen LogP contribution in [0.15, 0.2) is 23.1 Å². The van der Waals surface area contributed by atoms with Crippen molar-refractivity contribution < 1.29 is 8.42 Å². The molecule has 3 rings (SSSR count). The van der Waals surface area contributed by atoms with Crippen LogP contribution in [0.5, 0.6) is 0 Å². The Kier molecular flexibility index (Phi) is 4.07. The Labute approximate surface area is 125 Å². The number of sulfonamides is 1. The van der Waals surface area contributed by atoms with E-state index in [0.717, 1.165) is 38.5 Å². The molecule has 0 radical (unpaired) electrons. The number of alkyl halides is 1. The zero-order valence-corrected chi connectivity index (χ0v) is 13.0. The van der Waals surface area contributed by atoms with Crippen LogP contribution < -0.4 is 4.72 Å². The molecule has 3 nitrogen and oxygen atoms in total.